The molecule has 1 aliphatic heterocycles. The van der Waals surface area contributed by atoms with Crippen molar-refractivity contribution in [3.63, 3.8) is 0 Å². The maximum atomic E-state index is 12.0. The molecule has 0 atom stereocenters. The number of anilines is 1. The lowest BCUT2D eigenvalue weighted by Gasteiger charge is -2.29. The third-order valence-electron chi connectivity index (χ3n) is 3.67. The molecule has 3 amide bonds. The van der Waals surface area contributed by atoms with E-state index in [1.165, 1.54) is 18.1 Å². The molecular weight excluding hydrogens is 300 g/mol. The maximum Gasteiger partial charge on any atom is 0.341 e. The van der Waals surface area contributed by atoms with Gasteiger partial charge < -0.3 is 9.84 Å². The fourth-order valence-electron chi connectivity index (χ4n) is 2.42. The summed E-state index contributed by atoms with van der Waals surface area (Å²) < 4.78 is 4.70. The Labute approximate surface area is 134 Å². The number of methoxy groups -OCH3 is 1. The number of aromatic hydroxyl groups is 1. The molecule has 1 aliphatic rings. The first-order chi connectivity index (χ1) is 10.6. The summed E-state index contributed by atoms with van der Waals surface area (Å²) in [6, 6.07) is 2.49. The molecule has 1 saturated heterocycles. The van der Waals surface area contributed by atoms with Gasteiger partial charge in [-0.1, -0.05) is 20.8 Å². The first-order valence-corrected chi connectivity index (χ1v) is 7.22. The third-order valence-corrected chi connectivity index (χ3v) is 3.67. The largest absolute Gasteiger partial charge is 0.507 e. The van der Waals surface area contributed by atoms with Crippen molar-refractivity contribution in [2.45, 2.75) is 32.6 Å². The highest BCUT2D eigenvalue weighted by atomic mass is 16.5. The summed E-state index contributed by atoms with van der Waals surface area (Å²) in [4.78, 5) is 36.6. The number of phenolic OH excluding ortho intramolecular Hbond substituents is 1. The number of carbonyl (C=O) groups is 3. The van der Waals surface area contributed by atoms with Crippen molar-refractivity contribution >= 4 is 23.6 Å². The fraction of sp³-hybridized carbons (Fsp3) is 0.438. The van der Waals surface area contributed by atoms with E-state index in [2.05, 4.69) is 5.32 Å². The topological polar surface area (TPSA) is 95.9 Å². The molecule has 0 saturated carbocycles. The number of benzene rings is 1. The van der Waals surface area contributed by atoms with Crippen LogP contribution in [-0.2, 0) is 14.9 Å². The van der Waals surface area contributed by atoms with E-state index in [0.717, 1.165) is 0 Å². The average Bonchev–Trinajstić information content (AvgIpc) is 2.46. The summed E-state index contributed by atoms with van der Waals surface area (Å²) >= 11 is 0. The number of phenols is 1. The summed E-state index contributed by atoms with van der Waals surface area (Å²) in [6.45, 7) is 5.85. The molecule has 1 fully saturated rings. The van der Waals surface area contributed by atoms with Crippen molar-refractivity contribution in [2.24, 2.45) is 0 Å². The fourth-order valence-corrected chi connectivity index (χ4v) is 2.42. The maximum absolute atomic E-state index is 12.0. The van der Waals surface area contributed by atoms with Crippen LogP contribution in [0.3, 0.4) is 0 Å². The molecule has 1 heterocycles. The molecule has 0 aliphatic carbocycles. The number of ether oxygens (including phenoxy) is 1. The zero-order valence-corrected chi connectivity index (χ0v) is 13.6. The van der Waals surface area contributed by atoms with Gasteiger partial charge in [0, 0.05) is 24.2 Å². The second-order valence-corrected chi connectivity index (χ2v) is 6.39. The molecule has 1 aromatic rings. The third kappa shape index (κ3) is 3.28. The van der Waals surface area contributed by atoms with Gasteiger partial charge in [0.2, 0.25) is 5.91 Å². The second kappa shape index (κ2) is 5.91. The highest BCUT2D eigenvalue weighted by molar-refractivity contribution is 6.06. The second-order valence-electron chi connectivity index (χ2n) is 6.39. The standard InChI is InChI=1S/C16H20N2O5/c1-16(2,3)11-8-9(7-10(13(11)20)14(21)23-4)18-6-5-12(19)17-15(18)22/h7-8,20H,5-6H2,1-4H3,(H,17,19,22). The van der Waals surface area contributed by atoms with E-state index < -0.39 is 17.4 Å². The lowest BCUT2D eigenvalue weighted by Crippen LogP contribution is -2.49. The Balaban J connectivity index is 2.58. The van der Waals surface area contributed by atoms with Gasteiger partial charge in [-0.2, -0.15) is 0 Å². The molecule has 2 N–H and O–H groups in total. The van der Waals surface area contributed by atoms with Crippen LogP contribution in [0.1, 0.15) is 43.1 Å². The number of nitrogens with one attached hydrogen (secondary N) is 1. The Morgan fingerprint density at radius 1 is 1.30 bits per heavy atom. The van der Waals surface area contributed by atoms with Crippen LogP contribution in [0.5, 0.6) is 5.75 Å². The van der Waals surface area contributed by atoms with Gasteiger partial charge in [0.1, 0.15) is 11.3 Å². The van der Waals surface area contributed by atoms with E-state index >= 15 is 0 Å². The molecule has 1 aromatic carbocycles. The van der Waals surface area contributed by atoms with Crippen molar-refractivity contribution in [1.82, 2.24) is 5.32 Å². The molecule has 7 heteroatoms. The number of nitrogens with zero attached hydrogens (tertiary/aromatic N) is 1. The first-order valence-electron chi connectivity index (χ1n) is 7.22. The minimum atomic E-state index is -0.691. The molecule has 2 rings (SSSR count). The number of amides is 3. The first kappa shape index (κ1) is 16.8. The van der Waals surface area contributed by atoms with Crippen LogP contribution in [0, 0.1) is 0 Å². The number of hydrogen-bond acceptors (Lipinski definition) is 5. The average molecular weight is 320 g/mol. The zero-order valence-electron chi connectivity index (χ0n) is 13.6. The summed E-state index contributed by atoms with van der Waals surface area (Å²) in [5.74, 6) is -1.20. The van der Waals surface area contributed by atoms with Gasteiger partial charge in [-0.15, -0.1) is 0 Å². The molecule has 0 aromatic heterocycles. The van der Waals surface area contributed by atoms with Crippen LogP contribution in [0.2, 0.25) is 0 Å². The van der Waals surface area contributed by atoms with E-state index in [1.54, 1.807) is 6.07 Å². The summed E-state index contributed by atoms with van der Waals surface area (Å²) in [5, 5.41) is 12.6. The summed E-state index contributed by atoms with van der Waals surface area (Å²) in [6.07, 6.45) is 0.172. The quantitative estimate of drug-likeness (QED) is 0.812. The minimum absolute atomic E-state index is 0.0142. The SMILES string of the molecule is COC(=O)c1cc(N2CCC(=O)NC2=O)cc(C(C)(C)C)c1O. The number of imide groups is 1. The molecule has 0 radical (unpaired) electrons. The number of urea groups is 1. The lowest BCUT2D eigenvalue weighted by molar-refractivity contribution is -0.120. The van der Waals surface area contributed by atoms with Crippen molar-refractivity contribution in [1.29, 1.82) is 0 Å². The molecule has 7 nitrogen and oxygen atoms in total. The number of hydrogen-bond donors (Lipinski definition) is 2. The van der Waals surface area contributed by atoms with Gasteiger partial charge in [-0.05, 0) is 17.5 Å². The van der Waals surface area contributed by atoms with Gasteiger partial charge in [-0.25, -0.2) is 9.59 Å². The van der Waals surface area contributed by atoms with Crippen LogP contribution in [0.4, 0.5) is 10.5 Å². The van der Waals surface area contributed by atoms with Crippen LogP contribution in [0.25, 0.3) is 0 Å². The monoisotopic (exact) mass is 320 g/mol. The highest BCUT2D eigenvalue weighted by Crippen LogP contribution is 2.37. The zero-order chi connectivity index (χ0) is 17.4. The Morgan fingerprint density at radius 2 is 1.96 bits per heavy atom. The number of carbonyl (C=O) groups excluding carboxylic acids is 3. The molecule has 23 heavy (non-hydrogen) atoms. The van der Waals surface area contributed by atoms with Crippen LogP contribution in [0.15, 0.2) is 12.1 Å². The molecular formula is C16H20N2O5. The minimum Gasteiger partial charge on any atom is -0.507 e. The van der Waals surface area contributed by atoms with E-state index in [0.29, 0.717) is 11.3 Å². The van der Waals surface area contributed by atoms with E-state index in [-0.39, 0.29) is 30.2 Å². The molecule has 124 valence electrons. The predicted molar refractivity (Wildman–Crippen MR) is 83.6 cm³/mol. The van der Waals surface area contributed by atoms with Gasteiger partial charge in [0.15, 0.2) is 0 Å². The van der Waals surface area contributed by atoms with Gasteiger partial charge in [-0.3, -0.25) is 15.0 Å². The molecule has 0 unspecified atom stereocenters. The van der Waals surface area contributed by atoms with Crippen molar-refractivity contribution in [3.05, 3.63) is 23.3 Å². The highest BCUT2D eigenvalue weighted by Gasteiger charge is 2.29. The van der Waals surface area contributed by atoms with Gasteiger partial charge in [0.25, 0.3) is 0 Å². The Hall–Kier alpha value is -2.57. The van der Waals surface area contributed by atoms with Gasteiger partial charge in [0.05, 0.1) is 7.11 Å². The van der Waals surface area contributed by atoms with E-state index in [1.807, 2.05) is 20.8 Å². The number of esters is 1. The van der Waals surface area contributed by atoms with Gasteiger partial charge >= 0.3 is 12.0 Å². The van der Waals surface area contributed by atoms with Crippen LogP contribution in [-0.4, -0.2) is 36.7 Å². The lowest BCUT2D eigenvalue weighted by atomic mass is 9.84. The smallest absolute Gasteiger partial charge is 0.341 e. The van der Waals surface area contributed by atoms with Crippen molar-refractivity contribution in [3.8, 4) is 5.75 Å². The van der Waals surface area contributed by atoms with Crippen molar-refractivity contribution in [2.75, 3.05) is 18.6 Å². The summed E-state index contributed by atoms with van der Waals surface area (Å²) in [7, 11) is 1.22. The Kier molecular flexibility index (Phi) is 4.31. The normalized spacial score (nSPS) is 15.4. The number of rotatable bonds is 2. The van der Waals surface area contributed by atoms with Crippen LogP contribution >= 0.6 is 0 Å². The Bertz CT molecular complexity index is 676. The van der Waals surface area contributed by atoms with Crippen molar-refractivity contribution < 1.29 is 24.2 Å². The molecule has 0 bridgehead atoms. The summed E-state index contributed by atoms with van der Waals surface area (Å²) in [5.41, 5.74) is 0.475. The van der Waals surface area contributed by atoms with Crippen LogP contribution < -0.4 is 10.2 Å². The predicted octanol–water partition coefficient (Wildman–Crippen LogP) is 1.92. The van der Waals surface area contributed by atoms with E-state index in [4.69, 9.17) is 4.74 Å². The Morgan fingerprint density at radius 3 is 2.48 bits per heavy atom. The van der Waals surface area contributed by atoms with E-state index in [9.17, 15) is 19.5 Å². The molecule has 0 spiro atoms.